The fourth-order valence-corrected chi connectivity index (χ4v) is 2.11. The zero-order valence-corrected chi connectivity index (χ0v) is 8.58. The first kappa shape index (κ1) is 11.0. The minimum atomic E-state index is 0.295. The van der Waals surface area contributed by atoms with Gasteiger partial charge in [0.05, 0.1) is 0 Å². The Morgan fingerprint density at radius 2 is 2.31 bits per heavy atom. The van der Waals surface area contributed by atoms with E-state index in [0.29, 0.717) is 12.6 Å². The summed E-state index contributed by atoms with van der Waals surface area (Å²) in [7, 11) is 0. The van der Waals surface area contributed by atoms with Gasteiger partial charge in [0, 0.05) is 25.7 Å². The fourth-order valence-electron chi connectivity index (χ4n) is 2.11. The molecule has 0 saturated carbocycles. The lowest BCUT2D eigenvalue weighted by atomic mass is 9.92. The van der Waals surface area contributed by atoms with Gasteiger partial charge >= 0.3 is 0 Å². The molecule has 1 aliphatic heterocycles. The van der Waals surface area contributed by atoms with Crippen LogP contribution in [-0.4, -0.2) is 42.3 Å². The number of hydrogen-bond acceptors (Lipinski definition) is 3. The highest BCUT2D eigenvalue weighted by Gasteiger charge is 2.24. The summed E-state index contributed by atoms with van der Waals surface area (Å²) in [6.07, 6.45) is 3.38. The van der Waals surface area contributed by atoms with Gasteiger partial charge in [0.15, 0.2) is 0 Å². The molecule has 3 N–H and O–H groups in total. The smallest absolute Gasteiger partial charge is 0.0443 e. The molecule has 1 fully saturated rings. The van der Waals surface area contributed by atoms with Crippen LogP contribution in [0.4, 0.5) is 0 Å². The summed E-state index contributed by atoms with van der Waals surface area (Å²) in [4.78, 5) is 2.43. The number of rotatable bonds is 4. The van der Waals surface area contributed by atoms with E-state index in [-0.39, 0.29) is 0 Å². The predicted octanol–water partition coefficient (Wildman–Crippen LogP) is 0.428. The van der Waals surface area contributed by atoms with E-state index in [9.17, 15) is 0 Å². The molecule has 78 valence electrons. The Bertz CT molecular complexity index is 139. The lowest BCUT2D eigenvalue weighted by Gasteiger charge is -2.37. The maximum absolute atomic E-state index is 8.75. The Kier molecular flexibility index (Phi) is 4.70. The van der Waals surface area contributed by atoms with Crippen LogP contribution in [0, 0.1) is 5.92 Å². The molecule has 1 rings (SSSR count). The monoisotopic (exact) mass is 186 g/mol. The SMILES string of the molecule is CC1CCN(CCCO)C(CN)C1. The van der Waals surface area contributed by atoms with E-state index in [1.807, 2.05) is 0 Å². The molecule has 2 unspecified atom stereocenters. The second-order valence-electron chi connectivity index (χ2n) is 4.13. The summed E-state index contributed by atoms with van der Waals surface area (Å²) in [5.41, 5.74) is 5.72. The van der Waals surface area contributed by atoms with Crippen molar-refractivity contribution >= 4 is 0 Å². The van der Waals surface area contributed by atoms with Gasteiger partial charge in [0.25, 0.3) is 0 Å². The molecule has 0 aliphatic carbocycles. The number of aliphatic hydroxyl groups is 1. The highest BCUT2D eigenvalue weighted by molar-refractivity contribution is 4.80. The van der Waals surface area contributed by atoms with Crippen LogP contribution in [0.1, 0.15) is 26.2 Å². The van der Waals surface area contributed by atoms with Gasteiger partial charge in [-0.1, -0.05) is 6.92 Å². The van der Waals surface area contributed by atoms with E-state index in [4.69, 9.17) is 10.8 Å². The van der Waals surface area contributed by atoms with E-state index in [1.165, 1.54) is 12.8 Å². The third-order valence-corrected chi connectivity index (χ3v) is 2.98. The van der Waals surface area contributed by atoms with Crippen molar-refractivity contribution in [2.75, 3.05) is 26.2 Å². The summed E-state index contributed by atoms with van der Waals surface area (Å²) < 4.78 is 0. The highest BCUT2D eigenvalue weighted by Crippen LogP contribution is 2.21. The number of hydrogen-bond donors (Lipinski definition) is 2. The second-order valence-corrected chi connectivity index (χ2v) is 4.13. The zero-order chi connectivity index (χ0) is 9.68. The van der Waals surface area contributed by atoms with Gasteiger partial charge in [-0.25, -0.2) is 0 Å². The molecule has 0 bridgehead atoms. The number of piperidine rings is 1. The van der Waals surface area contributed by atoms with Crippen LogP contribution in [0.5, 0.6) is 0 Å². The van der Waals surface area contributed by atoms with Gasteiger partial charge in [-0.3, -0.25) is 4.90 Å². The predicted molar refractivity (Wildman–Crippen MR) is 54.5 cm³/mol. The molecular formula is C10H22N2O. The molecule has 13 heavy (non-hydrogen) atoms. The van der Waals surface area contributed by atoms with Crippen LogP contribution in [0.25, 0.3) is 0 Å². The summed E-state index contributed by atoms with van der Waals surface area (Å²) in [6, 6.07) is 0.551. The summed E-state index contributed by atoms with van der Waals surface area (Å²) in [5, 5.41) is 8.75. The third-order valence-electron chi connectivity index (χ3n) is 2.98. The van der Waals surface area contributed by atoms with Crippen molar-refractivity contribution in [2.45, 2.75) is 32.2 Å². The van der Waals surface area contributed by atoms with E-state index in [1.54, 1.807) is 0 Å². The van der Waals surface area contributed by atoms with Gasteiger partial charge in [0.1, 0.15) is 0 Å². The molecule has 0 aromatic rings. The van der Waals surface area contributed by atoms with Crippen molar-refractivity contribution in [3.8, 4) is 0 Å². The molecule has 0 aromatic carbocycles. The second kappa shape index (κ2) is 5.58. The Labute approximate surface area is 80.9 Å². The molecule has 0 aromatic heterocycles. The number of nitrogens with zero attached hydrogens (tertiary/aromatic N) is 1. The van der Waals surface area contributed by atoms with Crippen LogP contribution in [-0.2, 0) is 0 Å². The van der Waals surface area contributed by atoms with E-state index < -0.39 is 0 Å². The number of likely N-dealkylation sites (tertiary alicyclic amines) is 1. The lowest BCUT2D eigenvalue weighted by molar-refractivity contribution is 0.113. The highest BCUT2D eigenvalue weighted by atomic mass is 16.3. The van der Waals surface area contributed by atoms with Crippen LogP contribution >= 0.6 is 0 Å². The number of aliphatic hydroxyl groups excluding tert-OH is 1. The first-order chi connectivity index (χ1) is 6.27. The molecule has 3 heteroatoms. The van der Waals surface area contributed by atoms with E-state index in [2.05, 4.69) is 11.8 Å². The zero-order valence-electron chi connectivity index (χ0n) is 8.58. The van der Waals surface area contributed by atoms with Crippen LogP contribution < -0.4 is 5.73 Å². The van der Waals surface area contributed by atoms with Crippen LogP contribution in [0.15, 0.2) is 0 Å². The molecule has 1 heterocycles. The van der Waals surface area contributed by atoms with Gasteiger partial charge < -0.3 is 10.8 Å². The normalized spacial score (nSPS) is 30.7. The van der Waals surface area contributed by atoms with Gasteiger partial charge in [-0.2, -0.15) is 0 Å². The first-order valence-electron chi connectivity index (χ1n) is 5.33. The molecular weight excluding hydrogens is 164 g/mol. The first-order valence-corrected chi connectivity index (χ1v) is 5.33. The van der Waals surface area contributed by atoms with Crippen molar-refractivity contribution in [1.29, 1.82) is 0 Å². The molecule has 1 saturated heterocycles. The molecule has 1 aliphatic rings. The Morgan fingerprint density at radius 1 is 1.54 bits per heavy atom. The topological polar surface area (TPSA) is 49.5 Å². The average Bonchev–Trinajstić information content (AvgIpc) is 2.16. The summed E-state index contributed by atoms with van der Waals surface area (Å²) in [6.45, 7) is 5.51. The van der Waals surface area contributed by atoms with Crippen molar-refractivity contribution in [3.05, 3.63) is 0 Å². The Morgan fingerprint density at radius 3 is 2.92 bits per heavy atom. The van der Waals surface area contributed by atoms with Crippen molar-refractivity contribution < 1.29 is 5.11 Å². The fraction of sp³-hybridized carbons (Fsp3) is 1.00. The van der Waals surface area contributed by atoms with Gasteiger partial charge in [-0.05, 0) is 31.7 Å². The maximum atomic E-state index is 8.75. The Hall–Kier alpha value is -0.120. The van der Waals surface area contributed by atoms with Crippen LogP contribution in [0.2, 0.25) is 0 Å². The van der Waals surface area contributed by atoms with Crippen molar-refractivity contribution in [2.24, 2.45) is 11.7 Å². The Balaban J connectivity index is 2.33. The van der Waals surface area contributed by atoms with Crippen molar-refractivity contribution in [3.63, 3.8) is 0 Å². The molecule has 3 nitrogen and oxygen atoms in total. The van der Waals surface area contributed by atoms with E-state index >= 15 is 0 Å². The van der Waals surface area contributed by atoms with Gasteiger partial charge in [-0.15, -0.1) is 0 Å². The average molecular weight is 186 g/mol. The lowest BCUT2D eigenvalue weighted by Crippen LogP contribution is -2.46. The largest absolute Gasteiger partial charge is 0.396 e. The maximum Gasteiger partial charge on any atom is 0.0443 e. The van der Waals surface area contributed by atoms with Crippen LogP contribution in [0.3, 0.4) is 0 Å². The summed E-state index contributed by atoms with van der Waals surface area (Å²) in [5.74, 6) is 0.818. The minimum Gasteiger partial charge on any atom is -0.396 e. The standard InChI is InChI=1S/C10H22N2O/c1-9-3-5-12(4-2-6-13)10(7-9)8-11/h9-10,13H,2-8,11H2,1H3. The number of nitrogens with two attached hydrogens (primary N) is 1. The minimum absolute atomic E-state index is 0.295. The van der Waals surface area contributed by atoms with Gasteiger partial charge in [0.2, 0.25) is 0 Å². The molecule has 0 amide bonds. The quantitative estimate of drug-likeness (QED) is 0.669. The third kappa shape index (κ3) is 3.25. The molecule has 0 spiro atoms. The van der Waals surface area contributed by atoms with E-state index in [0.717, 1.165) is 32.0 Å². The summed E-state index contributed by atoms with van der Waals surface area (Å²) >= 11 is 0. The van der Waals surface area contributed by atoms with Crippen molar-refractivity contribution in [1.82, 2.24) is 4.90 Å². The molecule has 0 radical (unpaired) electrons. The molecule has 2 atom stereocenters.